The van der Waals surface area contributed by atoms with Crippen LogP contribution in [0, 0.1) is 17.8 Å². The number of rotatable bonds is 23. The second-order valence-corrected chi connectivity index (χ2v) is 14.6. The van der Waals surface area contributed by atoms with Crippen molar-refractivity contribution in [3.8, 4) is 17.0 Å². The van der Waals surface area contributed by atoms with E-state index in [9.17, 15) is 30.3 Å². The zero-order chi connectivity index (χ0) is 34.4. The average molecular weight is 665 g/mol. The van der Waals surface area contributed by atoms with Gasteiger partial charge in [0.1, 0.15) is 5.75 Å². The number of H-pyrrole nitrogens is 2. The summed E-state index contributed by atoms with van der Waals surface area (Å²) in [5.41, 5.74) is 2.99. The number of phenolic OH excluding ortho intramolecular Hbond substituents is 1. The maximum absolute atomic E-state index is 12.2. The molecule has 6 atom stereocenters. The van der Waals surface area contributed by atoms with Gasteiger partial charge in [0, 0.05) is 29.3 Å². The van der Waals surface area contributed by atoms with Gasteiger partial charge in [-0.3, -0.25) is 4.79 Å². The highest BCUT2D eigenvalue weighted by Gasteiger charge is 2.46. The van der Waals surface area contributed by atoms with Gasteiger partial charge in [0.15, 0.2) is 0 Å². The number of benzene rings is 1. The maximum Gasteiger partial charge on any atom is 0.309 e. The van der Waals surface area contributed by atoms with Crippen molar-refractivity contribution in [2.24, 2.45) is 17.8 Å². The topological polar surface area (TPSA) is 150 Å². The van der Waals surface area contributed by atoms with E-state index < -0.39 is 23.6 Å². The lowest BCUT2D eigenvalue weighted by molar-refractivity contribution is -0.146. The average Bonchev–Trinajstić information content (AvgIpc) is 3.81. The first-order valence-corrected chi connectivity index (χ1v) is 18.6. The van der Waals surface area contributed by atoms with Crippen LogP contribution in [0.5, 0.6) is 5.75 Å². The van der Waals surface area contributed by atoms with Crippen molar-refractivity contribution in [3.63, 3.8) is 0 Å². The number of carboxylic acids is 1. The van der Waals surface area contributed by atoms with Crippen LogP contribution in [-0.2, 0) is 17.6 Å². The zero-order valence-corrected chi connectivity index (χ0v) is 29.0. The van der Waals surface area contributed by atoms with Crippen LogP contribution >= 0.6 is 0 Å². The largest absolute Gasteiger partial charge is 0.508 e. The fourth-order valence-electron chi connectivity index (χ4n) is 7.90. The Hall–Kier alpha value is -3.07. The molecule has 8 nitrogen and oxygen atoms in total. The van der Waals surface area contributed by atoms with Crippen molar-refractivity contribution >= 4 is 5.97 Å². The van der Waals surface area contributed by atoms with Gasteiger partial charge in [-0.05, 0) is 106 Å². The van der Waals surface area contributed by atoms with Gasteiger partial charge >= 0.3 is 5.97 Å². The molecule has 7 N–H and O–H groups in total. The molecule has 8 heteroatoms. The molecule has 4 rings (SSSR count). The Kier molecular flexibility index (Phi) is 15.1. The van der Waals surface area contributed by atoms with Crippen molar-refractivity contribution < 1.29 is 30.3 Å². The number of nitrogens with one attached hydrogen (secondary N) is 2. The lowest BCUT2D eigenvalue weighted by atomic mass is 9.81. The van der Waals surface area contributed by atoms with Gasteiger partial charge in [-0.25, -0.2) is 0 Å². The van der Waals surface area contributed by atoms with Gasteiger partial charge in [-0.1, -0.05) is 76.8 Å². The maximum atomic E-state index is 12.2. The normalized spacial score (nSPS) is 21.3. The molecule has 0 aliphatic heterocycles. The van der Waals surface area contributed by atoms with Crippen LogP contribution in [0.25, 0.3) is 11.3 Å². The number of unbranched alkanes of at least 4 members (excludes halogenated alkanes) is 7. The first kappa shape index (κ1) is 37.7. The summed E-state index contributed by atoms with van der Waals surface area (Å²) in [7, 11) is 0. The molecule has 0 unspecified atom stereocenters. The highest BCUT2D eigenvalue weighted by Crippen LogP contribution is 2.46. The third kappa shape index (κ3) is 11.8. The summed E-state index contributed by atoms with van der Waals surface area (Å²) < 4.78 is 0. The predicted octanol–water partition coefficient (Wildman–Crippen LogP) is 8.16. The summed E-state index contributed by atoms with van der Waals surface area (Å²) >= 11 is 0. The Balaban J connectivity index is 1.27. The van der Waals surface area contributed by atoms with E-state index in [0.29, 0.717) is 25.7 Å². The molecule has 2 aromatic heterocycles. The molecular formula is C40H60N2O6. The number of carboxylic acid groups (broad SMARTS) is 1. The molecule has 266 valence electrons. The van der Waals surface area contributed by atoms with Crippen LogP contribution < -0.4 is 0 Å². The molecule has 2 heterocycles. The summed E-state index contributed by atoms with van der Waals surface area (Å²) in [6.45, 7) is 2.20. The molecular weight excluding hydrogens is 604 g/mol. The van der Waals surface area contributed by atoms with Crippen LogP contribution in [-0.4, -0.2) is 59.3 Å². The van der Waals surface area contributed by atoms with Crippen LogP contribution in [0.3, 0.4) is 0 Å². The molecule has 0 bridgehead atoms. The van der Waals surface area contributed by atoms with Gasteiger partial charge in [-0.2, -0.15) is 0 Å². The third-order valence-corrected chi connectivity index (χ3v) is 10.7. The minimum atomic E-state index is -1.02. The van der Waals surface area contributed by atoms with Crippen molar-refractivity contribution in [1.82, 2.24) is 9.97 Å². The van der Waals surface area contributed by atoms with Crippen molar-refractivity contribution in [2.45, 2.75) is 140 Å². The number of carbonyl (C=O) groups is 1. The van der Waals surface area contributed by atoms with Gasteiger partial charge in [0.2, 0.25) is 0 Å². The Morgan fingerprint density at radius 3 is 2.31 bits per heavy atom. The Labute approximate surface area is 287 Å². The van der Waals surface area contributed by atoms with E-state index in [2.05, 4.69) is 23.0 Å². The number of aromatic hydroxyl groups is 1. The first-order chi connectivity index (χ1) is 23.2. The van der Waals surface area contributed by atoms with Crippen LogP contribution in [0.4, 0.5) is 0 Å². The third-order valence-electron chi connectivity index (χ3n) is 10.7. The zero-order valence-electron chi connectivity index (χ0n) is 29.0. The fraction of sp³-hybridized carbons (Fsp3) is 0.625. The smallest absolute Gasteiger partial charge is 0.309 e. The minimum absolute atomic E-state index is 0.0423. The van der Waals surface area contributed by atoms with Crippen molar-refractivity contribution in [3.05, 3.63) is 66.1 Å². The molecule has 0 spiro atoms. The molecule has 1 aliphatic rings. The molecule has 48 heavy (non-hydrogen) atoms. The van der Waals surface area contributed by atoms with Crippen LogP contribution in [0.2, 0.25) is 0 Å². The second kappa shape index (κ2) is 19.2. The van der Waals surface area contributed by atoms with Gasteiger partial charge in [-0.15, -0.1) is 0 Å². The number of hydrogen-bond donors (Lipinski definition) is 7. The van der Waals surface area contributed by atoms with E-state index in [1.807, 2.05) is 36.7 Å². The standard InChI is InChI=1S/C40H60N2O6/c1-2-3-4-5-8-13-34(43)14-9-6-7-10-16-36(39(46)47)38(45)19-21-40(48)27-30(23-29-20-22-41-28-29)24-32(40)26-33-17-18-37(42-33)31-12-11-15-35(44)25-31/h11-12,15,17-18,20,22,25,28,30,32,34,36,38,41-45,48H,2-10,13-14,16,19,21,23-24,26-27H2,1H3,(H,46,47)/t30-,32-,34-,36-,38+,40+/m0/s1. The SMILES string of the molecule is CCCCCCC[C@H](O)CCCCCC[C@H](C(=O)O)[C@H](O)CC[C@@]1(O)C[C@@H](Cc2cc[nH]c2)C[C@H]1Cc1ccc(-c2cccc(O)c2)[nH]1. The molecule has 3 aromatic rings. The van der Waals surface area contributed by atoms with Crippen molar-refractivity contribution in [2.75, 3.05) is 0 Å². The number of hydrogen-bond acceptors (Lipinski definition) is 5. The number of aliphatic hydroxyl groups is 3. The minimum Gasteiger partial charge on any atom is -0.508 e. The number of aliphatic carboxylic acids is 1. The lowest BCUT2D eigenvalue weighted by Gasteiger charge is -2.32. The Morgan fingerprint density at radius 2 is 1.65 bits per heavy atom. The van der Waals surface area contributed by atoms with Crippen LogP contribution in [0.1, 0.15) is 121 Å². The van der Waals surface area contributed by atoms with E-state index in [1.54, 1.807) is 12.1 Å². The molecule has 0 radical (unpaired) electrons. The second-order valence-electron chi connectivity index (χ2n) is 14.6. The lowest BCUT2D eigenvalue weighted by Crippen LogP contribution is -2.37. The van der Waals surface area contributed by atoms with Gasteiger partial charge in [0.25, 0.3) is 0 Å². The monoisotopic (exact) mass is 664 g/mol. The van der Waals surface area contributed by atoms with E-state index >= 15 is 0 Å². The quantitative estimate of drug-likeness (QED) is 0.0509. The van der Waals surface area contributed by atoms with E-state index in [0.717, 1.165) is 74.7 Å². The first-order valence-electron chi connectivity index (χ1n) is 18.6. The van der Waals surface area contributed by atoms with Gasteiger partial charge < -0.3 is 35.5 Å². The van der Waals surface area contributed by atoms with E-state index in [4.69, 9.17) is 0 Å². The number of aromatic amines is 2. The number of aliphatic hydroxyl groups excluding tert-OH is 2. The molecule has 1 aliphatic carbocycles. The molecule has 0 saturated heterocycles. The predicted molar refractivity (Wildman–Crippen MR) is 191 cm³/mol. The van der Waals surface area contributed by atoms with E-state index in [-0.39, 0.29) is 30.1 Å². The Bertz CT molecular complexity index is 1340. The molecule has 1 aromatic carbocycles. The summed E-state index contributed by atoms with van der Waals surface area (Å²) in [5.74, 6) is -1.39. The molecule has 1 fully saturated rings. The van der Waals surface area contributed by atoms with Crippen LogP contribution in [0.15, 0.2) is 54.9 Å². The molecule has 0 amide bonds. The summed E-state index contributed by atoms with van der Waals surface area (Å²) in [6.07, 6.45) is 17.7. The summed E-state index contributed by atoms with van der Waals surface area (Å²) in [4.78, 5) is 18.8. The number of aromatic nitrogens is 2. The highest BCUT2D eigenvalue weighted by atomic mass is 16.4. The summed E-state index contributed by atoms with van der Waals surface area (Å²) in [6, 6.07) is 13.2. The molecule has 1 saturated carbocycles. The Morgan fingerprint density at radius 1 is 0.917 bits per heavy atom. The van der Waals surface area contributed by atoms with Gasteiger partial charge in [0.05, 0.1) is 23.7 Å². The highest BCUT2D eigenvalue weighted by molar-refractivity contribution is 5.70. The van der Waals surface area contributed by atoms with Crippen molar-refractivity contribution in [1.29, 1.82) is 0 Å². The summed E-state index contributed by atoms with van der Waals surface area (Å²) in [5, 5.41) is 53.4. The number of phenols is 1. The fourth-order valence-corrected chi connectivity index (χ4v) is 7.90. The van der Waals surface area contributed by atoms with E-state index in [1.165, 1.54) is 31.2 Å².